The Bertz CT molecular complexity index is 512. The number of guanidine groups is 1. The summed E-state index contributed by atoms with van der Waals surface area (Å²) in [5, 5.41) is 6.61. The van der Waals surface area contributed by atoms with E-state index in [1.165, 1.54) is 38.8 Å². The molecule has 0 aliphatic carbocycles. The maximum absolute atomic E-state index is 5.57. The summed E-state index contributed by atoms with van der Waals surface area (Å²) in [5.74, 6) is 2.38. The number of rotatable bonds is 7. The fourth-order valence-corrected chi connectivity index (χ4v) is 3.13. The van der Waals surface area contributed by atoms with Crippen LogP contribution in [0, 0.1) is 13.8 Å². The summed E-state index contributed by atoms with van der Waals surface area (Å²) in [7, 11) is 1.79. The quantitative estimate of drug-likeness (QED) is 0.281. The van der Waals surface area contributed by atoms with Gasteiger partial charge in [-0.3, -0.25) is 4.99 Å². The van der Waals surface area contributed by atoms with E-state index in [0.717, 1.165) is 36.4 Å². The van der Waals surface area contributed by atoms with E-state index in [1.807, 2.05) is 13.8 Å². The highest BCUT2D eigenvalue weighted by Crippen LogP contribution is 2.16. The molecule has 1 unspecified atom stereocenters. The molecule has 6 nitrogen and oxygen atoms in total. The molecule has 2 heterocycles. The lowest BCUT2D eigenvalue weighted by molar-refractivity contribution is 0.158. The number of piperidine rings is 1. The van der Waals surface area contributed by atoms with Crippen molar-refractivity contribution in [2.24, 2.45) is 4.99 Å². The van der Waals surface area contributed by atoms with E-state index in [4.69, 9.17) is 4.42 Å². The second-order valence-electron chi connectivity index (χ2n) is 6.69. The number of aryl methyl sites for hydroxylation is 2. The highest BCUT2D eigenvalue weighted by molar-refractivity contribution is 14.0. The van der Waals surface area contributed by atoms with Crippen LogP contribution in [0.5, 0.6) is 0 Å². The van der Waals surface area contributed by atoms with Crippen molar-refractivity contribution in [3.05, 3.63) is 17.3 Å². The van der Waals surface area contributed by atoms with Crippen LogP contribution in [-0.4, -0.2) is 48.6 Å². The fourth-order valence-electron chi connectivity index (χ4n) is 3.13. The largest absolute Gasteiger partial charge is 0.444 e. The Kier molecular flexibility index (Phi) is 10.4. The lowest BCUT2D eigenvalue weighted by Gasteiger charge is -2.33. The number of nitrogens with zero attached hydrogens (tertiary/aromatic N) is 3. The molecule has 1 fully saturated rings. The van der Waals surface area contributed by atoms with Crippen molar-refractivity contribution >= 4 is 29.9 Å². The van der Waals surface area contributed by atoms with Crippen LogP contribution < -0.4 is 10.6 Å². The number of likely N-dealkylation sites (tertiary alicyclic amines) is 1. The lowest BCUT2D eigenvalue weighted by Crippen LogP contribution is -2.39. The minimum atomic E-state index is 0. The molecule has 2 rings (SSSR count). The molecule has 1 aromatic rings. The first-order valence-corrected chi connectivity index (χ1v) is 9.21. The highest BCUT2D eigenvalue weighted by Gasteiger charge is 2.16. The van der Waals surface area contributed by atoms with Gasteiger partial charge >= 0.3 is 0 Å². The molecule has 1 aliphatic heterocycles. The Morgan fingerprint density at radius 2 is 2.08 bits per heavy atom. The van der Waals surface area contributed by atoms with E-state index in [-0.39, 0.29) is 24.0 Å². The van der Waals surface area contributed by atoms with Crippen molar-refractivity contribution < 1.29 is 4.42 Å². The van der Waals surface area contributed by atoms with Crippen molar-refractivity contribution in [1.82, 2.24) is 20.5 Å². The molecule has 0 bridgehead atoms. The number of aliphatic imine (C=N–C) groups is 1. The van der Waals surface area contributed by atoms with Gasteiger partial charge in [-0.2, -0.15) is 0 Å². The Morgan fingerprint density at radius 1 is 1.28 bits per heavy atom. The average Bonchev–Trinajstić information content (AvgIpc) is 2.90. The van der Waals surface area contributed by atoms with Crippen LogP contribution in [-0.2, 0) is 6.54 Å². The van der Waals surface area contributed by atoms with Gasteiger partial charge in [-0.15, -0.1) is 24.0 Å². The van der Waals surface area contributed by atoms with Crippen LogP contribution in [0.25, 0.3) is 0 Å². The number of hydrogen-bond acceptors (Lipinski definition) is 4. The maximum atomic E-state index is 5.57. The first kappa shape index (κ1) is 22.2. The van der Waals surface area contributed by atoms with E-state index in [1.54, 1.807) is 7.05 Å². The van der Waals surface area contributed by atoms with Crippen LogP contribution in [0.2, 0.25) is 0 Å². The number of hydrogen-bond donors (Lipinski definition) is 2. The van der Waals surface area contributed by atoms with Gasteiger partial charge in [0.15, 0.2) is 5.96 Å². The molecule has 25 heavy (non-hydrogen) atoms. The Balaban J connectivity index is 0.00000312. The van der Waals surface area contributed by atoms with Crippen molar-refractivity contribution in [2.75, 3.05) is 26.7 Å². The number of aromatic nitrogens is 1. The van der Waals surface area contributed by atoms with Crippen molar-refractivity contribution in [3.63, 3.8) is 0 Å². The maximum Gasteiger partial charge on any atom is 0.214 e. The molecule has 1 aliphatic rings. The van der Waals surface area contributed by atoms with Gasteiger partial charge in [0.05, 0.1) is 12.2 Å². The summed E-state index contributed by atoms with van der Waals surface area (Å²) >= 11 is 0. The monoisotopic (exact) mass is 463 g/mol. The number of halogens is 1. The summed E-state index contributed by atoms with van der Waals surface area (Å²) < 4.78 is 5.57. The minimum absolute atomic E-state index is 0. The lowest BCUT2D eigenvalue weighted by atomic mass is 10.0. The third-order valence-corrected chi connectivity index (χ3v) is 4.81. The van der Waals surface area contributed by atoms with Crippen LogP contribution in [0.1, 0.15) is 56.4 Å². The van der Waals surface area contributed by atoms with Crippen LogP contribution in [0.3, 0.4) is 0 Å². The number of oxazole rings is 1. The van der Waals surface area contributed by atoms with E-state index in [2.05, 4.69) is 32.4 Å². The first-order chi connectivity index (χ1) is 11.6. The summed E-state index contributed by atoms with van der Waals surface area (Å²) in [4.78, 5) is 11.2. The Morgan fingerprint density at radius 3 is 2.72 bits per heavy atom. The summed E-state index contributed by atoms with van der Waals surface area (Å²) in [5.41, 5.74) is 0.946. The number of nitrogens with one attached hydrogen (secondary N) is 2. The molecular weight excluding hydrogens is 429 g/mol. The van der Waals surface area contributed by atoms with Crippen molar-refractivity contribution in [3.8, 4) is 0 Å². The van der Waals surface area contributed by atoms with Gasteiger partial charge in [0, 0.05) is 19.6 Å². The summed E-state index contributed by atoms with van der Waals surface area (Å²) in [6.07, 6.45) is 6.49. The van der Waals surface area contributed by atoms with Gasteiger partial charge < -0.3 is 20.0 Å². The molecule has 1 saturated heterocycles. The Labute approximate surface area is 169 Å². The fraction of sp³-hybridized carbons (Fsp3) is 0.778. The summed E-state index contributed by atoms with van der Waals surface area (Å²) in [6.45, 7) is 10.2. The molecule has 0 aromatic carbocycles. The van der Waals surface area contributed by atoms with Gasteiger partial charge in [-0.1, -0.05) is 6.42 Å². The highest BCUT2D eigenvalue weighted by atomic mass is 127. The van der Waals surface area contributed by atoms with E-state index in [0.29, 0.717) is 12.4 Å². The molecular formula is C18H34IN5O. The standard InChI is InChI=1S/C18H33N5O.HI/c1-14-9-5-7-11-23(14)12-8-6-10-20-18(19-4)21-13-17-22-15(2)16(3)24-17;/h14H,5-13H2,1-4H3,(H2,19,20,21);1H. The normalized spacial score (nSPS) is 18.7. The zero-order chi connectivity index (χ0) is 17.4. The van der Waals surface area contributed by atoms with Crippen LogP contribution >= 0.6 is 24.0 Å². The van der Waals surface area contributed by atoms with Crippen molar-refractivity contribution in [2.45, 2.75) is 65.5 Å². The SMILES string of the molecule is CN=C(NCCCCN1CCCCC1C)NCc1nc(C)c(C)o1.I. The second kappa shape index (κ2) is 11.7. The van der Waals surface area contributed by atoms with Gasteiger partial charge in [0.1, 0.15) is 5.76 Å². The van der Waals surface area contributed by atoms with Gasteiger partial charge in [-0.25, -0.2) is 4.98 Å². The molecule has 0 spiro atoms. The van der Waals surface area contributed by atoms with E-state index in [9.17, 15) is 0 Å². The average molecular weight is 463 g/mol. The second-order valence-corrected chi connectivity index (χ2v) is 6.69. The molecule has 1 atom stereocenters. The van der Waals surface area contributed by atoms with Gasteiger partial charge in [0.2, 0.25) is 5.89 Å². The predicted molar refractivity (Wildman–Crippen MR) is 114 cm³/mol. The molecule has 2 N–H and O–H groups in total. The Hall–Kier alpha value is -0.830. The molecule has 0 radical (unpaired) electrons. The molecule has 7 heteroatoms. The van der Waals surface area contributed by atoms with E-state index >= 15 is 0 Å². The number of unbranched alkanes of at least 4 members (excludes halogenated alkanes) is 1. The smallest absolute Gasteiger partial charge is 0.214 e. The summed E-state index contributed by atoms with van der Waals surface area (Å²) in [6, 6.07) is 0.758. The van der Waals surface area contributed by atoms with Gasteiger partial charge in [0.25, 0.3) is 0 Å². The first-order valence-electron chi connectivity index (χ1n) is 9.21. The zero-order valence-corrected chi connectivity index (χ0v) is 18.4. The zero-order valence-electron chi connectivity index (χ0n) is 16.1. The van der Waals surface area contributed by atoms with E-state index < -0.39 is 0 Å². The van der Waals surface area contributed by atoms with Crippen molar-refractivity contribution in [1.29, 1.82) is 0 Å². The topological polar surface area (TPSA) is 65.7 Å². The van der Waals surface area contributed by atoms with Crippen LogP contribution in [0.15, 0.2) is 9.41 Å². The predicted octanol–water partition coefficient (Wildman–Crippen LogP) is 3.23. The third kappa shape index (κ3) is 7.52. The molecule has 0 saturated carbocycles. The van der Waals surface area contributed by atoms with Gasteiger partial charge in [-0.05, 0) is 59.5 Å². The minimum Gasteiger partial charge on any atom is -0.444 e. The third-order valence-electron chi connectivity index (χ3n) is 4.81. The molecule has 0 amide bonds. The molecule has 144 valence electrons. The molecule has 1 aromatic heterocycles. The van der Waals surface area contributed by atoms with Crippen LogP contribution in [0.4, 0.5) is 0 Å².